The molecular weight excluding hydrogens is 264 g/mol. The molecule has 1 saturated heterocycles. The summed E-state index contributed by atoms with van der Waals surface area (Å²) in [5.74, 6) is 0. The Bertz CT molecular complexity index is 465. The van der Waals surface area contributed by atoms with Crippen molar-refractivity contribution in [3.63, 3.8) is 0 Å². The second-order valence-electron chi connectivity index (χ2n) is 5.60. The first-order valence-corrected chi connectivity index (χ1v) is 7.86. The lowest BCUT2D eigenvalue weighted by molar-refractivity contribution is 0.189. The van der Waals surface area contributed by atoms with Crippen molar-refractivity contribution in [3.8, 4) is 0 Å². The summed E-state index contributed by atoms with van der Waals surface area (Å²) >= 11 is 0. The second-order valence-corrected chi connectivity index (χ2v) is 5.60. The van der Waals surface area contributed by atoms with Crippen LogP contribution in [0, 0.1) is 6.92 Å². The number of nitrogens with zero attached hydrogens (tertiary/aromatic N) is 3. The highest BCUT2D eigenvalue weighted by Gasteiger charge is 2.22. The average molecular weight is 290 g/mol. The summed E-state index contributed by atoms with van der Waals surface area (Å²) in [6, 6.07) is 2.42. The van der Waals surface area contributed by atoms with Crippen molar-refractivity contribution in [2.45, 2.75) is 39.7 Å². The molecule has 0 aromatic carbocycles. The number of carbonyl (C=O) groups excluding carboxylic acids is 1. The molecule has 0 aliphatic carbocycles. The molecule has 0 unspecified atom stereocenters. The van der Waals surface area contributed by atoms with Crippen LogP contribution < -0.4 is 10.2 Å². The number of amides is 2. The molecule has 5 nitrogen and oxygen atoms in total. The van der Waals surface area contributed by atoms with E-state index in [9.17, 15) is 4.79 Å². The number of hydrogen-bond donors (Lipinski definition) is 1. The van der Waals surface area contributed by atoms with Crippen LogP contribution in [0.1, 0.15) is 32.3 Å². The number of carbonyl (C=O) groups is 1. The van der Waals surface area contributed by atoms with Gasteiger partial charge in [-0.3, -0.25) is 4.98 Å². The van der Waals surface area contributed by atoms with E-state index in [1.165, 1.54) is 11.3 Å². The molecule has 21 heavy (non-hydrogen) atoms. The Morgan fingerprint density at radius 3 is 2.52 bits per heavy atom. The van der Waals surface area contributed by atoms with E-state index in [-0.39, 0.29) is 12.1 Å². The van der Waals surface area contributed by atoms with Crippen LogP contribution >= 0.6 is 0 Å². The van der Waals surface area contributed by atoms with E-state index < -0.39 is 0 Å². The molecule has 0 spiro atoms. The number of anilines is 1. The number of nitrogens with one attached hydrogen (secondary N) is 1. The first-order valence-electron chi connectivity index (χ1n) is 7.86. The summed E-state index contributed by atoms with van der Waals surface area (Å²) in [6.45, 7) is 9.59. The molecule has 2 rings (SSSR count). The lowest BCUT2D eigenvalue weighted by Crippen LogP contribution is -2.53. The fourth-order valence-corrected chi connectivity index (χ4v) is 2.73. The van der Waals surface area contributed by atoms with Crippen LogP contribution in [0.15, 0.2) is 18.5 Å². The molecule has 2 amide bonds. The minimum absolute atomic E-state index is 0.0785. The average Bonchev–Trinajstić information content (AvgIpc) is 2.53. The van der Waals surface area contributed by atoms with Crippen molar-refractivity contribution < 1.29 is 4.79 Å². The third-order valence-electron chi connectivity index (χ3n) is 4.21. The van der Waals surface area contributed by atoms with Crippen molar-refractivity contribution in [2.24, 2.45) is 0 Å². The largest absolute Gasteiger partial charge is 0.368 e. The van der Waals surface area contributed by atoms with E-state index in [0.717, 1.165) is 39.0 Å². The molecule has 1 aromatic rings. The number of aryl methyl sites for hydroxylation is 1. The Morgan fingerprint density at radius 1 is 1.29 bits per heavy atom. The molecule has 0 bridgehead atoms. The van der Waals surface area contributed by atoms with Crippen LogP contribution in [0.2, 0.25) is 0 Å². The zero-order valence-corrected chi connectivity index (χ0v) is 13.3. The fourth-order valence-electron chi connectivity index (χ4n) is 2.73. The Labute approximate surface area is 127 Å². The van der Waals surface area contributed by atoms with Crippen LogP contribution in [-0.4, -0.2) is 48.1 Å². The van der Waals surface area contributed by atoms with Crippen LogP contribution in [-0.2, 0) is 0 Å². The molecule has 1 aliphatic rings. The van der Waals surface area contributed by atoms with Crippen LogP contribution in [0.5, 0.6) is 0 Å². The fraction of sp³-hybridized carbons (Fsp3) is 0.625. The van der Waals surface area contributed by atoms with E-state index in [2.05, 4.69) is 42.0 Å². The Kier molecular flexibility index (Phi) is 5.42. The lowest BCUT2D eigenvalue weighted by Gasteiger charge is -2.37. The number of rotatable bonds is 4. The third-order valence-corrected chi connectivity index (χ3v) is 4.21. The maximum Gasteiger partial charge on any atom is 0.317 e. The summed E-state index contributed by atoms with van der Waals surface area (Å²) in [4.78, 5) is 20.6. The van der Waals surface area contributed by atoms with Crippen LogP contribution in [0.25, 0.3) is 0 Å². The molecule has 0 atom stereocenters. The normalized spacial score (nSPS) is 15.4. The molecule has 1 N–H and O–H groups in total. The first kappa shape index (κ1) is 15.6. The van der Waals surface area contributed by atoms with Gasteiger partial charge in [0.05, 0.1) is 0 Å². The number of urea groups is 1. The van der Waals surface area contributed by atoms with E-state index in [1.54, 1.807) is 0 Å². The Hall–Kier alpha value is -1.78. The quantitative estimate of drug-likeness (QED) is 0.926. The Balaban J connectivity index is 1.88. The number of hydrogen-bond acceptors (Lipinski definition) is 3. The third kappa shape index (κ3) is 3.86. The topological polar surface area (TPSA) is 48.5 Å². The second kappa shape index (κ2) is 7.29. The van der Waals surface area contributed by atoms with Crippen LogP contribution in [0.3, 0.4) is 0 Å². The van der Waals surface area contributed by atoms with E-state index in [0.29, 0.717) is 0 Å². The van der Waals surface area contributed by atoms with Gasteiger partial charge in [-0.25, -0.2) is 4.79 Å². The van der Waals surface area contributed by atoms with Gasteiger partial charge in [0.1, 0.15) is 0 Å². The lowest BCUT2D eigenvalue weighted by atomic mass is 10.2. The zero-order chi connectivity index (χ0) is 15.2. The van der Waals surface area contributed by atoms with Crippen LogP contribution in [0.4, 0.5) is 10.5 Å². The van der Waals surface area contributed by atoms with E-state index >= 15 is 0 Å². The predicted octanol–water partition coefficient (Wildman–Crippen LogP) is 2.41. The van der Waals surface area contributed by atoms with E-state index in [1.807, 2.05) is 17.3 Å². The molecule has 1 aliphatic heterocycles. The molecule has 1 aromatic heterocycles. The van der Waals surface area contributed by atoms with Crippen molar-refractivity contribution in [1.82, 2.24) is 15.2 Å². The number of pyridine rings is 1. The minimum Gasteiger partial charge on any atom is -0.368 e. The molecule has 0 saturated carbocycles. The van der Waals surface area contributed by atoms with Gasteiger partial charge >= 0.3 is 6.03 Å². The predicted molar refractivity (Wildman–Crippen MR) is 85.7 cm³/mol. The van der Waals surface area contributed by atoms with Gasteiger partial charge < -0.3 is 15.1 Å². The van der Waals surface area contributed by atoms with E-state index in [4.69, 9.17) is 0 Å². The number of piperazine rings is 1. The molecular formula is C16H26N4O. The molecule has 0 radical (unpaired) electrons. The van der Waals surface area contributed by atoms with Crippen molar-refractivity contribution in [2.75, 3.05) is 31.1 Å². The summed E-state index contributed by atoms with van der Waals surface area (Å²) < 4.78 is 0. The van der Waals surface area contributed by atoms with Crippen molar-refractivity contribution in [1.29, 1.82) is 0 Å². The summed E-state index contributed by atoms with van der Waals surface area (Å²) in [5, 5.41) is 3.11. The molecule has 5 heteroatoms. The van der Waals surface area contributed by atoms with Gasteiger partial charge in [0, 0.05) is 50.3 Å². The smallest absolute Gasteiger partial charge is 0.317 e. The Morgan fingerprint density at radius 2 is 1.95 bits per heavy atom. The van der Waals surface area contributed by atoms with Gasteiger partial charge in [0.25, 0.3) is 0 Å². The SMILES string of the molecule is CCC(CC)NC(=O)N1CCN(c2ccncc2C)CC1. The van der Waals surface area contributed by atoms with Gasteiger partial charge in [0.2, 0.25) is 0 Å². The maximum atomic E-state index is 12.2. The zero-order valence-electron chi connectivity index (χ0n) is 13.3. The number of aromatic nitrogens is 1. The van der Waals surface area contributed by atoms with Gasteiger partial charge in [0.15, 0.2) is 0 Å². The highest BCUT2D eigenvalue weighted by molar-refractivity contribution is 5.75. The van der Waals surface area contributed by atoms with Gasteiger partial charge in [-0.05, 0) is 31.4 Å². The van der Waals surface area contributed by atoms with Crippen molar-refractivity contribution in [3.05, 3.63) is 24.0 Å². The van der Waals surface area contributed by atoms with Gasteiger partial charge in [-0.1, -0.05) is 13.8 Å². The highest BCUT2D eigenvalue weighted by Crippen LogP contribution is 2.19. The highest BCUT2D eigenvalue weighted by atomic mass is 16.2. The maximum absolute atomic E-state index is 12.2. The monoisotopic (exact) mass is 290 g/mol. The van der Waals surface area contributed by atoms with Gasteiger partial charge in [-0.15, -0.1) is 0 Å². The summed E-state index contributed by atoms with van der Waals surface area (Å²) in [6.07, 6.45) is 5.69. The van der Waals surface area contributed by atoms with Crippen molar-refractivity contribution >= 4 is 11.7 Å². The summed E-state index contributed by atoms with van der Waals surface area (Å²) in [5.41, 5.74) is 2.41. The molecule has 116 valence electrons. The first-order chi connectivity index (χ1) is 10.2. The molecule has 1 fully saturated rings. The summed E-state index contributed by atoms with van der Waals surface area (Å²) in [7, 11) is 0. The van der Waals surface area contributed by atoms with Gasteiger partial charge in [-0.2, -0.15) is 0 Å². The standard InChI is InChI=1S/C16H26N4O/c1-4-14(5-2)18-16(21)20-10-8-19(9-11-20)15-6-7-17-12-13(15)3/h6-7,12,14H,4-5,8-11H2,1-3H3,(H,18,21). The molecule has 2 heterocycles. The minimum atomic E-state index is 0.0785.